The molecule has 1 aromatic carbocycles. The summed E-state index contributed by atoms with van der Waals surface area (Å²) < 4.78 is 6.19. The fourth-order valence-electron chi connectivity index (χ4n) is 1.34. The molecule has 0 bridgehead atoms. The second kappa shape index (κ2) is 3.46. The maximum Gasteiger partial charge on any atom is 0.145 e. The number of hydrogen-bond acceptors (Lipinski definition) is 3. The van der Waals surface area contributed by atoms with Crippen molar-refractivity contribution in [3.8, 4) is 5.75 Å². The molecule has 3 nitrogen and oxygen atoms in total. The highest BCUT2D eigenvalue weighted by Crippen LogP contribution is 2.30. The average molecular weight is 253 g/mol. The van der Waals surface area contributed by atoms with Crippen molar-refractivity contribution in [3.63, 3.8) is 0 Å². The molecule has 1 heterocycles. The van der Waals surface area contributed by atoms with Gasteiger partial charge in [0.25, 0.3) is 0 Å². The normalized spacial score (nSPS) is 10.4. The number of halogens is 1. The van der Waals surface area contributed by atoms with Crippen LogP contribution in [0.2, 0.25) is 0 Å². The third-order valence-electron chi connectivity index (χ3n) is 2.01. The SMILES string of the molecule is COc1ccc(Br)c2ccc(N)nc12. The molecule has 1 aromatic heterocycles. The van der Waals surface area contributed by atoms with Crippen LogP contribution < -0.4 is 10.5 Å². The largest absolute Gasteiger partial charge is 0.494 e. The van der Waals surface area contributed by atoms with Crippen molar-refractivity contribution in [1.82, 2.24) is 4.98 Å². The van der Waals surface area contributed by atoms with E-state index in [0.717, 1.165) is 21.1 Å². The molecule has 2 aromatic rings. The van der Waals surface area contributed by atoms with Crippen LogP contribution in [0.5, 0.6) is 5.75 Å². The highest BCUT2D eigenvalue weighted by atomic mass is 79.9. The summed E-state index contributed by atoms with van der Waals surface area (Å²) in [5.74, 6) is 1.23. The van der Waals surface area contributed by atoms with Crippen LogP contribution in [-0.2, 0) is 0 Å². The predicted molar refractivity (Wildman–Crippen MR) is 60.4 cm³/mol. The number of aromatic nitrogens is 1. The number of ether oxygens (including phenoxy) is 1. The first-order chi connectivity index (χ1) is 6.72. The first-order valence-electron chi connectivity index (χ1n) is 4.11. The van der Waals surface area contributed by atoms with E-state index in [1.54, 1.807) is 13.2 Å². The maximum absolute atomic E-state index is 5.62. The molecule has 0 amide bonds. The molecule has 0 aliphatic heterocycles. The lowest BCUT2D eigenvalue weighted by molar-refractivity contribution is 0.419. The Bertz CT molecular complexity index is 485. The molecule has 2 rings (SSSR count). The Balaban J connectivity index is 2.85. The van der Waals surface area contributed by atoms with E-state index in [4.69, 9.17) is 10.5 Å². The molecule has 0 unspecified atom stereocenters. The average Bonchev–Trinajstić information content (AvgIpc) is 2.18. The molecule has 4 heteroatoms. The Morgan fingerprint density at radius 1 is 1.29 bits per heavy atom. The van der Waals surface area contributed by atoms with Crippen LogP contribution in [0.4, 0.5) is 5.82 Å². The molecule has 0 radical (unpaired) electrons. The van der Waals surface area contributed by atoms with E-state index >= 15 is 0 Å². The Hall–Kier alpha value is -1.29. The minimum absolute atomic E-state index is 0.494. The van der Waals surface area contributed by atoms with Gasteiger partial charge in [0.05, 0.1) is 7.11 Å². The van der Waals surface area contributed by atoms with Gasteiger partial charge in [-0.15, -0.1) is 0 Å². The monoisotopic (exact) mass is 252 g/mol. The van der Waals surface area contributed by atoms with Crippen molar-refractivity contribution in [1.29, 1.82) is 0 Å². The number of methoxy groups -OCH3 is 1. The Morgan fingerprint density at radius 3 is 2.79 bits per heavy atom. The Kier molecular flexibility index (Phi) is 2.29. The fourth-order valence-corrected chi connectivity index (χ4v) is 1.79. The maximum atomic E-state index is 5.62. The van der Waals surface area contributed by atoms with E-state index in [0.29, 0.717) is 5.82 Å². The summed E-state index contributed by atoms with van der Waals surface area (Å²) in [6.45, 7) is 0. The zero-order chi connectivity index (χ0) is 10.1. The van der Waals surface area contributed by atoms with Gasteiger partial charge in [-0.3, -0.25) is 0 Å². The lowest BCUT2D eigenvalue weighted by Gasteiger charge is -2.06. The van der Waals surface area contributed by atoms with E-state index in [1.807, 2.05) is 18.2 Å². The Morgan fingerprint density at radius 2 is 2.07 bits per heavy atom. The molecule has 0 saturated heterocycles. The van der Waals surface area contributed by atoms with Gasteiger partial charge in [-0.2, -0.15) is 0 Å². The van der Waals surface area contributed by atoms with Crippen LogP contribution in [0.15, 0.2) is 28.7 Å². The highest BCUT2D eigenvalue weighted by Gasteiger charge is 2.05. The van der Waals surface area contributed by atoms with Crippen LogP contribution in [0.25, 0.3) is 10.9 Å². The number of hydrogen-bond donors (Lipinski definition) is 1. The third-order valence-corrected chi connectivity index (χ3v) is 2.70. The number of anilines is 1. The van der Waals surface area contributed by atoms with Crippen LogP contribution in [0, 0.1) is 0 Å². The zero-order valence-corrected chi connectivity index (χ0v) is 9.21. The number of pyridine rings is 1. The standard InChI is InChI=1S/C10H9BrN2O/c1-14-8-4-3-7(11)6-2-5-9(12)13-10(6)8/h2-5H,1H3,(H2,12,13). The highest BCUT2D eigenvalue weighted by molar-refractivity contribution is 9.10. The second-order valence-electron chi connectivity index (χ2n) is 2.88. The van der Waals surface area contributed by atoms with Crippen molar-refractivity contribution in [2.45, 2.75) is 0 Å². The number of fused-ring (bicyclic) bond motifs is 1. The van der Waals surface area contributed by atoms with Crippen LogP contribution in [-0.4, -0.2) is 12.1 Å². The van der Waals surface area contributed by atoms with Crippen LogP contribution in [0.1, 0.15) is 0 Å². The first kappa shape index (κ1) is 9.27. The molecule has 2 N–H and O–H groups in total. The summed E-state index contributed by atoms with van der Waals surface area (Å²) in [6, 6.07) is 7.48. The summed E-state index contributed by atoms with van der Waals surface area (Å²) in [4.78, 5) is 4.23. The van der Waals surface area contributed by atoms with E-state index in [9.17, 15) is 0 Å². The summed E-state index contributed by atoms with van der Waals surface area (Å²) in [6.07, 6.45) is 0. The molecule has 0 spiro atoms. The van der Waals surface area contributed by atoms with Gasteiger partial charge in [0.2, 0.25) is 0 Å². The number of benzene rings is 1. The molecule has 0 atom stereocenters. The van der Waals surface area contributed by atoms with Gasteiger partial charge in [-0.25, -0.2) is 4.98 Å². The lowest BCUT2D eigenvalue weighted by Crippen LogP contribution is -1.93. The van der Waals surface area contributed by atoms with Crippen molar-refractivity contribution in [2.75, 3.05) is 12.8 Å². The van der Waals surface area contributed by atoms with Gasteiger partial charge in [-0.05, 0) is 24.3 Å². The molecule has 0 aliphatic carbocycles. The molecule has 0 fully saturated rings. The number of nitrogens with zero attached hydrogens (tertiary/aromatic N) is 1. The lowest BCUT2D eigenvalue weighted by atomic mass is 10.2. The van der Waals surface area contributed by atoms with Gasteiger partial charge >= 0.3 is 0 Å². The van der Waals surface area contributed by atoms with Gasteiger partial charge in [0.1, 0.15) is 17.1 Å². The zero-order valence-electron chi connectivity index (χ0n) is 7.62. The Labute approximate surface area is 90.0 Å². The molecule has 0 aliphatic rings. The van der Waals surface area contributed by atoms with Gasteiger partial charge in [0, 0.05) is 9.86 Å². The number of rotatable bonds is 1. The fraction of sp³-hybridized carbons (Fsp3) is 0.100. The molecule has 0 saturated carbocycles. The van der Waals surface area contributed by atoms with E-state index < -0.39 is 0 Å². The molecular formula is C10H9BrN2O. The van der Waals surface area contributed by atoms with Gasteiger partial charge < -0.3 is 10.5 Å². The second-order valence-corrected chi connectivity index (χ2v) is 3.74. The van der Waals surface area contributed by atoms with E-state index in [2.05, 4.69) is 20.9 Å². The minimum Gasteiger partial charge on any atom is -0.494 e. The summed E-state index contributed by atoms with van der Waals surface area (Å²) >= 11 is 3.45. The minimum atomic E-state index is 0.494. The molecule has 72 valence electrons. The summed E-state index contributed by atoms with van der Waals surface area (Å²) in [5, 5.41) is 0.999. The van der Waals surface area contributed by atoms with Crippen molar-refractivity contribution in [2.24, 2.45) is 0 Å². The molecule has 14 heavy (non-hydrogen) atoms. The van der Waals surface area contributed by atoms with Gasteiger partial charge in [-0.1, -0.05) is 15.9 Å². The summed E-state index contributed by atoms with van der Waals surface area (Å²) in [5.41, 5.74) is 6.40. The van der Waals surface area contributed by atoms with Crippen molar-refractivity contribution >= 4 is 32.7 Å². The number of nitrogen functional groups attached to an aromatic ring is 1. The predicted octanol–water partition coefficient (Wildman–Crippen LogP) is 2.59. The topological polar surface area (TPSA) is 48.1 Å². The number of nitrogens with two attached hydrogens (primary N) is 1. The van der Waals surface area contributed by atoms with E-state index in [1.165, 1.54) is 0 Å². The van der Waals surface area contributed by atoms with E-state index in [-0.39, 0.29) is 0 Å². The van der Waals surface area contributed by atoms with Crippen molar-refractivity contribution < 1.29 is 4.74 Å². The summed E-state index contributed by atoms with van der Waals surface area (Å²) in [7, 11) is 1.62. The van der Waals surface area contributed by atoms with Gasteiger partial charge in [0.15, 0.2) is 0 Å². The van der Waals surface area contributed by atoms with Crippen LogP contribution in [0.3, 0.4) is 0 Å². The molecular weight excluding hydrogens is 244 g/mol. The van der Waals surface area contributed by atoms with Crippen LogP contribution >= 0.6 is 15.9 Å². The first-order valence-corrected chi connectivity index (χ1v) is 4.90. The quantitative estimate of drug-likeness (QED) is 0.849. The smallest absolute Gasteiger partial charge is 0.145 e. The third kappa shape index (κ3) is 1.42. The van der Waals surface area contributed by atoms with Crippen molar-refractivity contribution in [3.05, 3.63) is 28.7 Å².